The van der Waals surface area contributed by atoms with Gasteiger partial charge in [0.05, 0.1) is 0 Å². The lowest BCUT2D eigenvalue weighted by molar-refractivity contribution is -0.114. The van der Waals surface area contributed by atoms with Crippen molar-refractivity contribution in [1.29, 1.82) is 0 Å². The van der Waals surface area contributed by atoms with Gasteiger partial charge in [-0.2, -0.15) is 0 Å². The van der Waals surface area contributed by atoms with Gasteiger partial charge in [0.1, 0.15) is 0 Å². The molecule has 2 fully saturated rings. The molecule has 1 saturated carbocycles. The van der Waals surface area contributed by atoms with E-state index in [4.69, 9.17) is 0 Å². The Kier molecular flexibility index (Phi) is 6.88. The van der Waals surface area contributed by atoms with Crippen LogP contribution in [0.4, 0.5) is 5.69 Å². The van der Waals surface area contributed by atoms with E-state index in [-0.39, 0.29) is 5.91 Å². The third kappa shape index (κ3) is 6.12. The highest BCUT2D eigenvalue weighted by atomic mass is 16.1. The summed E-state index contributed by atoms with van der Waals surface area (Å²) in [4.78, 5) is 13.8. The second-order valence-electron chi connectivity index (χ2n) is 7.86. The minimum absolute atomic E-state index is 0.0221. The Morgan fingerprint density at radius 2 is 1.84 bits per heavy atom. The summed E-state index contributed by atoms with van der Waals surface area (Å²) in [6, 6.07) is 8.76. The first-order valence-electron chi connectivity index (χ1n) is 10.0. The van der Waals surface area contributed by atoms with Crippen LogP contribution in [0, 0.1) is 5.92 Å². The van der Waals surface area contributed by atoms with Gasteiger partial charge in [0.2, 0.25) is 5.91 Å². The fraction of sp³-hybridized carbons (Fsp3) is 0.667. The van der Waals surface area contributed by atoms with E-state index in [0.717, 1.165) is 18.2 Å². The van der Waals surface area contributed by atoms with Crippen LogP contribution < -0.4 is 10.6 Å². The van der Waals surface area contributed by atoms with Gasteiger partial charge in [0.25, 0.3) is 0 Å². The van der Waals surface area contributed by atoms with E-state index in [0.29, 0.717) is 6.04 Å². The van der Waals surface area contributed by atoms with Crippen LogP contribution in [0.15, 0.2) is 24.3 Å². The predicted octanol–water partition coefficient (Wildman–Crippen LogP) is 3.78. The summed E-state index contributed by atoms with van der Waals surface area (Å²) in [5.41, 5.74) is 2.14. The number of carbonyl (C=O) groups excluding carboxylic acids is 1. The summed E-state index contributed by atoms with van der Waals surface area (Å²) >= 11 is 0. The van der Waals surface area contributed by atoms with E-state index in [1.165, 1.54) is 77.1 Å². The molecule has 3 rings (SSSR count). The van der Waals surface area contributed by atoms with Gasteiger partial charge in [0, 0.05) is 38.3 Å². The summed E-state index contributed by atoms with van der Waals surface area (Å²) in [6.45, 7) is 6.23. The standard InChI is InChI=1S/C21H33N3O/c1-17(25)23-20-11-9-18(10-12-20)14-22-21-8-5-13-24(16-21)15-19-6-3-2-4-7-19/h9-12,19,21-22H,2-8,13-16H2,1H3,(H,23,25)/t21-/m0/s1. The molecule has 0 radical (unpaired) electrons. The number of nitrogens with zero attached hydrogens (tertiary/aromatic N) is 1. The zero-order valence-electron chi connectivity index (χ0n) is 15.6. The quantitative estimate of drug-likeness (QED) is 0.826. The van der Waals surface area contributed by atoms with Gasteiger partial charge < -0.3 is 15.5 Å². The summed E-state index contributed by atoms with van der Waals surface area (Å²) in [6.07, 6.45) is 9.80. The minimum Gasteiger partial charge on any atom is -0.326 e. The smallest absolute Gasteiger partial charge is 0.221 e. The Balaban J connectivity index is 1.42. The second-order valence-corrected chi connectivity index (χ2v) is 7.86. The average molecular weight is 344 g/mol. The van der Waals surface area contributed by atoms with Crippen LogP contribution in [0.1, 0.15) is 57.4 Å². The number of hydrogen-bond donors (Lipinski definition) is 2. The molecule has 25 heavy (non-hydrogen) atoms. The predicted molar refractivity (Wildman–Crippen MR) is 104 cm³/mol. The van der Waals surface area contributed by atoms with Gasteiger partial charge in [-0.3, -0.25) is 4.79 Å². The first-order valence-corrected chi connectivity index (χ1v) is 10.0. The SMILES string of the molecule is CC(=O)Nc1ccc(CN[C@H]2CCCN(CC3CCCCC3)C2)cc1. The molecule has 138 valence electrons. The molecule has 0 aromatic heterocycles. The molecule has 0 spiro atoms. The number of likely N-dealkylation sites (tertiary alicyclic amines) is 1. The van der Waals surface area contributed by atoms with E-state index in [9.17, 15) is 4.79 Å². The van der Waals surface area contributed by atoms with E-state index >= 15 is 0 Å². The van der Waals surface area contributed by atoms with E-state index < -0.39 is 0 Å². The number of rotatable bonds is 6. The van der Waals surface area contributed by atoms with Crippen molar-refractivity contribution >= 4 is 11.6 Å². The minimum atomic E-state index is -0.0221. The molecule has 0 unspecified atom stereocenters. The van der Waals surface area contributed by atoms with Gasteiger partial charge in [-0.15, -0.1) is 0 Å². The van der Waals surface area contributed by atoms with Crippen molar-refractivity contribution in [2.45, 2.75) is 64.5 Å². The Morgan fingerprint density at radius 1 is 1.08 bits per heavy atom. The molecule has 1 aromatic rings. The lowest BCUT2D eigenvalue weighted by atomic mass is 9.88. The van der Waals surface area contributed by atoms with Crippen LogP contribution in [-0.4, -0.2) is 36.5 Å². The van der Waals surface area contributed by atoms with Crippen molar-refractivity contribution in [3.8, 4) is 0 Å². The summed E-state index contributed by atoms with van der Waals surface area (Å²) < 4.78 is 0. The molecule has 4 heteroatoms. The highest BCUT2D eigenvalue weighted by Crippen LogP contribution is 2.25. The zero-order chi connectivity index (χ0) is 17.5. The molecular formula is C21H33N3O. The maximum Gasteiger partial charge on any atom is 0.221 e. The van der Waals surface area contributed by atoms with Crippen LogP contribution in [0.3, 0.4) is 0 Å². The molecule has 1 aliphatic carbocycles. The molecule has 1 heterocycles. The number of hydrogen-bond acceptors (Lipinski definition) is 3. The topological polar surface area (TPSA) is 44.4 Å². The normalized spacial score (nSPS) is 22.7. The zero-order valence-corrected chi connectivity index (χ0v) is 15.6. The van der Waals surface area contributed by atoms with Crippen LogP contribution in [-0.2, 0) is 11.3 Å². The molecule has 1 saturated heterocycles. The third-order valence-corrected chi connectivity index (χ3v) is 5.62. The number of anilines is 1. The third-order valence-electron chi connectivity index (χ3n) is 5.62. The van der Waals surface area contributed by atoms with Crippen molar-refractivity contribution < 1.29 is 4.79 Å². The van der Waals surface area contributed by atoms with Crippen LogP contribution in [0.25, 0.3) is 0 Å². The van der Waals surface area contributed by atoms with Gasteiger partial charge in [-0.25, -0.2) is 0 Å². The highest BCUT2D eigenvalue weighted by Gasteiger charge is 2.23. The van der Waals surface area contributed by atoms with Crippen LogP contribution in [0.5, 0.6) is 0 Å². The Labute approximate surface area is 152 Å². The summed E-state index contributed by atoms with van der Waals surface area (Å²) in [5.74, 6) is 0.917. The Morgan fingerprint density at radius 3 is 2.56 bits per heavy atom. The first kappa shape index (κ1) is 18.4. The summed E-state index contributed by atoms with van der Waals surface area (Å²) in [5, 5.41) is 6.55. The van der Waals surface area contributed by atoms with Gasteiger partial charge >= 0.3 is 0 Å². The van der Waals surface area contributed by atoms with Crippen LogP contribution in [0.2, 0.25) is 0 Å². The van der Waals surface area contributed by atoms with Crippen molar-refractivity contribution in [2.24, 2.45) is 5.92 Å². The molecule has 0 bridgehead atoms. The van der Waals surface area contributed by atoms with Crippen molar-refractivity contribution in [3.05, 3.63) is 29.8 Å². The number of amides is 1. The number of piperidine rings is 1. The molecule has 4 nitrogen and oxygen atoms in total. The van der Waals surface area contributed by atoms with E-state index in [1.54, 1.807) is 0 Å². The number of carbonyl (C=O) groups is 1. The molecule has 1 aliphatic heterocycles. The highest BCUT2D eigenvalue weighted by molar-refractivity contribution is 5.88. The molecule has 2 N–H and O–H groups in total. The van der Waals surface area contributed by atoms with Gasteiger partial charge in [-0.1, -0.05) is 31.4 Å². The van der Waals surface area contributed by atoms with E-state index in [1.807, 2.05) is 12.1 Å². The van der Waals surface area contributed by atoms with E-state index in [2.05, 4.69) is 27.7 Å². The Bertz CT molecular complexity index is 537. The lowest BCUT2D eigenvalue weighted by Crippen LogP contribution is -2.47. The largest absolute Gasteiger partial charge is 0.326 e. The Hall–Kier alpha value is -1.39. The molecule has 1 amide bonds. The van der Waals surface area contributed by atoms with Gasteiger partial charge in [0.15, 0.2) is 0 Å². The van der Waals surface area contributed by atoms with Crippen molar-refractivity contribution in [2.75, 3.05) is 25.0 Å². The molecule has 1 atom stereocenters. The second kappa shape index (κ2) is 9.35. The van der Waals surface area contributed by atoms with Crippen molar-refractivity contribution in [3.63, 3.8) is 0 Å². The van der Waals surface area contributed by atoms with Gasteiger partial charge in [-0.05, 0) is 55.8 Å². The average Bonchev–Trinajstić information content (AvgIpc) is 2.62. The van der Waals surface area contributed by atoms with Crippen LogP contribution >= 0.6 is 0 Å². The first-order chi connectivity index (χ1) is 12.2. The number of nitrogens with one attached hydrogen (secondary N) is 2. The monoisotopic (exact) mass is 343 g/mol. The fourth-order valence-corrected chi connectivity index (χ4v) is 4.29. The molecule has 1 aromatic carbocycles. The maximum atomic E-state index is 11.1. The summed E-state index contributed by atoms with van der Waals surface area (Å²) in [7, 11) is 0. The number of benzene rings is 1. The molecular weight excluding hydrogens is 310 g/mol. The lowest BCUT2D eigenvalue weighted by Gasteiger charge is -2.36. The maximum absolute atomic E-state index is 11.1. The molecule has 2 aliphatic rings. The fourth-order valence-electron chi connectivity index (χ4n) is 4.29. The van der Waals surface area contributed by atoms with Crippen molar-refractivity contribution in [1.82, 2.24) is 10.2 Å².